The highest BCUT2D eigenvalue weighted by Crippen LogP contribution is 2.37. The first kappa shape index (κ1) is 12.9. The van der Waals surface area contributed by atoms with Crippen LogP contribution in [0.3, 0.4) is 0 Å². The number of aromatic nitrogens is 1. The van der Waals surface area contributed by atoms with Crippen molar-refractivity contribution in [2.75, 3.05) is 6.61 Å². The van der Waals surface area contributed by atoms with E-state index in [0.29, 0.717) is 6.54 Å². The van der Waals surface area contributed by atoms with Gasteiger partial charge in [0, 0.05) is 12.0 Å². The first-order chi connectivity index (χ1) is 9.24. The van der Waals surface area contributed by atoms with Gasteiger partial charge in [-0.15, -0.1) is 0 Å². The average Bonchev–Trinajstić information content (AvgIpc) is 2.77. The van der Waals surface area contributed by atoms with Crippen molar-refractivity contribution < 1.29 is 5.11 Å². The van der Waals surface area contributed by atoms with Gasteiger partial charge in [0.15, 0.2) is 0 Å². The average molecular weight is 277 g/mol. The molecular formula is C15H19NO2S. The monoisotopic (exact) mass is 277 g/mol. The zero-order chi connectivity index (χ0) is 13.3. The Morgan fingerprint density at radius 3 is 2.63 bits per heavy atom. The molecule has 1 aliphatic rings. The van der Waals surface area contributed by atoms with Gasteiger partial charge in [-0.25, -0.2) is 0 Å². The minimum Gasteiger partial charge on any atom is -0.396 e. The maximum Gasteiger partial charge on any atom is 0.268 e. The van der Waals surface area contributed by atoms with E-state index in [0.717, 1.165) is 22.9 Å². The number of fused-ring (bicyclic) bond motifs is 1. The molecule has 3 nitrogen and oxygen atoms in total. The highest BCUT2D eigenvalue weighted by Gasteiger charge is 2.32. The third-order valence-corrected chi connectivity index (χ3v) is 5.35. The molecule has 1 saturated carbocycles. The number of benzene rings is 1. The molecule has 0 unspecified atom stereocenters. The maximum atomic E-state index is 12.4. The van der Waals surface area contributed by atoms with Crippen LogP contribution in [0.1, 0.15) is 32.1 Å². The van der Waals surface area contributed by atoms with Gasteiger partial charge in [-0.05, 0) is 25.0 Å². The predicted octanol–water partition coefficient (Wildman–Crippen LogP) is 3.01. The van der Waals surface area contributed by atoms with E-state index in [1.54, 1.807) is 0 Å². The maximum absolute atomic E-state index is 12.4. The van der Waals surface area contributed by atoms with Gasteiger partial charge in [-0.1, -0.05) is 42.9 Å². The van der Waals surface area contributed by atoms with Gasteiger partial charge in [-0.2, -0.15) is 0 Å². The second kappa shape index (κ2) is 5.10. The van der Waals surface area contributed by atoms with E-state index in [4.69, 9.17) is 0 Å². The predicted molar refractivity (Wildman–Crippen MR) is 78.7 cm³/mol. The van der Waals surface area contributed by atoms with Crippen molar-refractivity contribution in [2.45, 2.75) is 38.6 Å². The topological polar surface area (TPSA) is 42.2 Å². The highest BCUT2D eigenvalue weighted by atomic mass is 32.1. The molecule has 2 aromatic rings. The van der Waals surface area contributed by atoms with Crippen molar-refractivity contribution in [3.8, 4) is 0 Å². The summed E-state index contributed by atoms with van der Waals surface area (Å²) in [6, 6.07) is 7.75. The van der Waals surface area contributed by atoms with Gasteiger partial charge < -0.3 is 5.11 Å². The quantitative estimate of drug-likeness (QED) is 0.937. The van der Waals surface area contributed by atoms with E-state index in [9.17, 15) is 9.90 Å². The normalized spacial score (nSPS) is 18.8. The number of rotatable bonds is 3. The zero-order valence-corrected chi connectivity index (χ0v) is 11.8. The molecule has 0 radical (unpaired) electrons. The standard InChI is InChI=1S/C15H19NO2S/c17-11-15(8-4-1-5-9-15)10-16-14(18)12-6-2-3-7-13(12)19-16/h2-3,6-7,17H,1,4-5,8-11H2. The molecule has 0 bridgehead atoms. The van der Waals surface area contributed by atoms with E-state index in [2.05, 4.69) is 0 Å². The van der Waals surface area contributed by atoms with Gasteiger partial charge >= 0.3 is 0 Å². The van der Waals surface area contributed by atoms with Crippen LogP contribution in [0, 0.1) is 5.41 Å². The largest absolute Gasteiger partial charge is 0.396 e. The van der Waals surface area contributed by atoms with Gasteiger partial charge in [-0.3, -0.25) is 8.75 Å². The number of hydrogen-bond donors (Lipinski definition) is 1. The van der Waals surface area contributed by atoms with E-state index in [-0.39, 0.29) is 17.6 Å². The summed E-state index contributed by atoms with van der Waals surface area (Å²) in [4.78, 5) is 12.4. The van der Waals surface area contributed by atoms with Crippen molar-refractivity contribution >= 4 is 21.6 Å². The molecule has 0 atom stereocenters. The molecule has 1 fully saturated rings. The molecular weight excluding hydrogens is 258 g/mol. The summed E-state index contributed by atoms with van der Waals surface area (Å²) in [5.74, 6) is 0. The lowest BCUT2D eigenvalue weighted by molar-refractivity contribution is 0.0668. The Morgan fingerprint density at radius 2 is 1.95 bits per heavy atom. The lowest BCUT2D eigenvalue weighted by Crippen LogP contribution is -2.35. The molecule has 0 amide bonds. The Kier molecular flexibility index (Phi) is 3.46. The molecule has 0 spiro atoms. The third kappa shape index (κ3) is 2.35. The molecule has 19 heavy (non-hydrogen) atoms. The summed E-state index contributed by atoms with van der Waals surface area (Å²) in [6.07, 6.45) is 5.65. The fourth-order valence-electron chi connectivity index (χ4n) is 3.09. The molecule has 102 valence electrons. The van der Waals surface area contributed by atoms with Crippen LogP contribution in [-0.4, -0.2) is 15.7 Å². The van der Waals surface area contributed by atoms with Crippen LogP contribution in [0.2, 0.25) is 0 Å². The molecule has 1 N–H and O–H groups in total. The van der Waals surface area contributed by atoms with Crippen LogP contribution >= 0.6 is 11.5 Å². The van der Waals surface area contributed by atoms with E-state index in [1.165, 1.54) is 30.8 Å². The Balaban J connectivity index is 1.96. The molecule has 0 aliphatic heterocycles. The fourth-order valence-corrected chi connectivity index (χ4v) is 4.24. The summed E-state index contributed by atoms with van der Waals surface area (Å²) >= 11 is 1.52. The smallest absolute Gasteiger partial charge is 0.268 e. The van der Waals surface area contributed by atoms with E-state index in [1.807, 2.05) is 28.2 Å². The van der Waals surface area contributed by atoms with Crippen LogP contribution < -0.4 is 5.56 Å². The van der Waals surface area contributed by atoms with Crippen molar-refractivity contribution in [1.82, 2.24) is 3.96 Å². The molecule has 3 rings (SSSR count). The van der Waals surface area contributed by atoms with Crippen molar-refractivity contribution in [3.05, 3.63) is 34.6 Å². The Hall–Kier alpha value is -1.13. The molecule has 1 heterocycles. The first-order valence-electron chi connectivity index (χ1n) is 6.94. The van der Waals surface area contributed by atoms with Crippen molar-refractivity contribution in [3.63, 3.8) is 0 Å². The minimum absolute atomic E-state index is 0.0804. The fraction of sp³-hybridized carbons (Fsp3) is 0.533. The van der Waals surface area contributed by atoms with Crippen LogP contribution in [-0.2, 0) is 6.54 Å². The first-order valence-corrected chi connectivity index (χ1v) is 7.71. The van der Waals surface area contributed by atoms with E-state index >= 15 is 0 Å². The molecule has 0 saturated heterocycles. The summed E-state index contributed by atoms with van der Waals surface area (Å²) in [5, 5.41) is 10.6. The van der Waals surface area contributed by atoms with Crippen LogP contribution in [0.5, 0.6) is 0 Å². The Bertz CT molecular complexity index is 622. The minimum atomic E-state index is -0.0804. The van der Waals surface area contributed by atoms with Crippen molar-refractivity contribution in [1.29, 1.82) is 0 Å². The molecule has 1 aliphatic carbocycles. The number of hydrogen-bond acceptors (Lipinski definition) is 3. The summed E-state index contributed by atoms with van der Waals surface area (Å²) < 4.78 is 2.88. The van der Waals surface area contributed by atoms with Gasteiger partial charge in [0.25, 0.3) is 5.56 Å². The van der Waals surface area contributed by atoms with Crippen LogP contribution in [0.4, 0.5) is 0 Å². The lowest BCUT2D eigenvalue weighted by atomic mass is 9.75. The molecule has 1 aromatic heterocycles. The van der Waals surface area contributed by atoms with Gasteiger partial charge in [0.2, 0.25) is 0 Å². The van der Waals surface area contributed by atoms with E-state index < -0.39 is 0 Å². The third-order valence-electron chi connectivity index (χ3n) is 4.28. The number of aliphatic hydroxyl groups excluding tert-OH is 1. The Labute approximate surface area is 116 Å². The highest BCUT2D eigenvalue weighted by molar-refractivity contribution is 7.13. The Morgan fingerprint density at radius 1 is 1.21 bits per heavy atom. The second-order valence-electron chi connectivity index (χ2n) is 5.65. The number of aliphatic hydroxyl groups is 1. The molecule has 1 aromatic carbocycles. The SMILES string of the molecule is O=c1c2ccccc2sn1CC1(CO)CCCCC1. The van der Waals surface area contributed by atoms with Crippen molar-refractivity contribution in [2.24, 2.45) is 5.41 Å². The zero-order valence-electron chi connectivity index (χ0n) is 11.0. The van der Waals surface area contributed by atoms with Crippen LogP contribution in [0.15, 0.2) is 29.1 Å². The summed E-state index contributed by atoms with van der Waals surface area (Å²) in [7, 11) is 0. The van der Waals surface area contributed by atoms with Gasteiger partial charge in [0.1, 0.15) is 0 Å². The summed E-state index contributed by atoms with van der Waals surface area (Å²) in [5.41, 5.74) is 0.0159. The summed E-state index contributed by atoms with van der Waals surface area (Å²) in [6.45, 7) is 0.857. The molecule has 4 heteroatoms. The number of nitrogens with zero attached hydrogens (tertiary/aromatic N) is 1. The van der Waals surface area contributed by atoms with Crippen LogP contribution in [0.25, 0.3) is 10.1 Å². The lowest BCUT2D eigenvalue weighted by Gasteiger charge is -2.35. The second-order valence-corrected chi connectivity index (χ2v) is 6.71. The van der Waals surface area contributed by atoms with Gasteiger partial charge in [0.05, 0.1) is 16.7 Å².